The van der Waals surface area contributed by atoms with Gasteiger partial charge in [0.05, 0.1) is 6.61 Å². The Kier molecular flexibility index (Phi) is 3.41. The lowest BCUT2D eigenvalue weighted by Crippen LogP contribution is -2.28. The molecule has 0 atom stereocenters. The number of likely N-dealkylation sites (tertiary alicyclic amines) is 1. The maximum Gasteiger partial charge on any atom is 0.360 e. The molecule has 0 radical (unpaired) electrons. The van der Waals surface area contributed by atoms with Crippen LogP contribution >= 0.6 is 11.8 Å². The van der Waals surface area contributed by atoms with Gasteiger partial charge in [-0.2, -0.15) is 0 Å². The first-order chi connectivity index (χ1) is 9.29. The Morgan fingerprint density at radius 2 is 2.21 bits per heavy atom. The zero-order valence-corrected chi connectivity index (χ0v) is 11.5. The molecule has 0 aliphatic carbocycles. The van der Waals surface area contributed by atoms with E-state index in [1.807, 2.05) is 0 Å². The second-order valence-corrected chi connectivity index (χ2v) is 5.30. The Labute approximate surface area is 115 Å². The van der Waals surface area contributed by atoms with Crippen LogP contribution < -0.4 is 0 Å². The minimum absolute atomic E-state index is 0.276. The zero-order valence-electron chi connectivity index (χ0n) is 10.7. The standard InChI is InChI=1S/C11H15N5O2S/c1-2-18-10(17)9-8-7-19-11(13-16(8)14-12-9)15-5-3-4-6-15/h2-7H2,1H3. The minimum Gasteiger partial charge on any atom is -0.461 e. The first kappa shape index (κ1) is 12.5. The molecule has 19 heavy (non-hydrogen) atoms. The van der Waals surface area contributed by atoms with Gasteiger partial charge in [0.1, 0.15) is 5.69 Å². The number of hydrogen-bond donors (Lipinski definition) is 0. The van der Waals surface area contributed by atoms with Crippen LogP contribution in [-0.4, -0.2) is 50.8 Å². The summed E-state index contributed by atoms with van der Waals surface area (Å²) >= 11 is 1.62. The first-order valence-corrected chi connectivity index (χ1v) is 7.36. The van der Waals surface area contributed by atoms with Gasteiger partial charge < -0.3 is 9.64 Å². The molecule has 8 heteroatoms. The predicted molar refractivity (Wildman–Crippen MR) is 70.9 cm³/mol. The average molecular weight is 281 g/mol. The lowest BCUT2D eigenvalue weighted by molar-refractivity contribution is 0.0518. The van der Waals surface area contributed by atoms with E-state index >= 15 is 0 Å². The lowest BCUT2D eigenvalue weighted by Gasteiger charge is -2.21. The molecule has 0 bridgehead atoms. The van der Waals surface area contributed by atoms with Crippen molar-refractivity contribution in [1.82, 2.24) is 20.0 Å². The summed E-state index contributed by atoms with van der Waals surface area (Å²) in [5, 5.41) is 13.2. The van der Waals surface area contributed by atoms with Crippen LogP contribution in [0, 0.1) is 0 Å². The van der Waals surface area contributed by atoms with E-state index in [2.05, 4.69) is 20.3 Å². The fraction of sp³-hybridized carbons (Fsp3) is 0.636. The third kappa shape index (κ3) is 2.32. The number of hydrogen-bond acceptors (Lipinski definition) is 7. The third-order valence-corrected chi connectivity index (χ3v) is 4.12. The van der Waals surface area contributed by atoms with E-state index in [0.717, 1.165) is 18.3 Å². The van der Waals surface area contributed by atoms with Crippen LogP contribution in [0.2, 0.25) is 0 Å². The fourth-order valence-corrected chi connectivity index (χ4v) is 3.18. The quantitative estimate of drug-likeness (QED) is 0.750. The fourth-order valence-electron chi connectivity index (χ4n) is 2.16. The van der Waals surface area contributed by atoms with Crippen LogP contribution in [0.4, 0.5) is 0 Å². The van der Waals surface area contributed by atoms with Gasteiger partial charge in [-0.1, -0.05) is 11.8 Å². The highest BCUT2D eigenvalue weighted by atomic mass is 32.2. The summed E-state index contributed by atoms with van der Waals surface area (Å²) in [5.41, 5.74) is 0.991. The first-order valence-electron chi connectivity index (χ1n) is 6.38. The molecule has 102 valence electrons. The lowest BCUT2D eigenvalue weighted by atomic mass is 10.3. The van der Waals surface area contributed by atoms with Gasteiger partial charge in [0.2, 0.25) is 0 Å². The third-order valence-electron chi connectivity index (χ3n) is 3.11. The Bertz CT molecular complexity index is 521. The molecule has 0 aromatic carbocycles. The van der Waals surface area contributed by atoms with Crippen LogP contribution in [-0.2, 0) is 10.5 Å². The van der Waals surface area contributed by atoms with E-state index in [9.17, 15) is 4.79 Å². The number of aromatic nitrogens is 3. The van der Waals surface area contributed by atoms with E-state index in [-0.39, 0.29) is 5.69 Å². The van der Waals surface area contributed by atoms with Crippen molar-refractivity contribution in [1.29, 1.82) is 0 Å². The monoisotopic (exact) mass is 281 g/mol. The van der Waals surface area contributed by atoms with Gasteiger partial charge in [0.25, 0.3) is 0 Å². The molecule has 3 rings (SSSR count). The number of carbonyl (C=O) groups is 1. The Morgan fingerprint density at radius 1 is 1.42 bits per heavy atom. The number of amidine groups is 1. The van der Waals surface area contributed by atoms with Gasteiger partial charge in [-0.25, -0.2) is 4.79 Å². The van der Waals surface area contributed by atoms with Gasteiger partial charge in [0, 0.05) is 18.8 Å². The van der Waals surface area contributed by atoms with Crippen molar-refractivity contribution in [3.05, 3.63) is 11.4 Å². The topological polar surface area (TPSA) is 72.6 Å². The number of rotatable bonds is 2. The molecule has 2 aliphatic heterocycles. The molecule has 0 saturated carbocycles. The van der Waals surface area contributed by atoms with Gasteiger partial charge >= 0.3 is 5.97 Å². The number of ether oxygens (including phenoxy) is 1. The highest BCUT2D eigenvalue weighted by Crippen LogP contribution is 2.25. The molecule has 2 aliphatic rings. The van der Waals surface area contributed by atoms with Crippen molar-refractivity contribution in [3.8, 4) is 0 Å². The van der Waals surface area contributed by atoms with Crippen LogP contribution in [0.1, 0.15) is 35.9 Å². The molecule has 3 heterocycles. The second-order valence-electron chi connectivity index (χ2n) is 4.36. The maximum absolute atomic E-state index is 11.7. The van der Waals surface area contributed by atoms with Crippen molar-refractivity contribution in [2.24, 2.45) is 5.10 Å². The summed E-state index contributed by atoms with van der Waals surface area (Å²) in [5.74, 6) is 0.223. The second kappa shape index (κ2) is 5.20. The normalized spacial score (nSPS) is 18.2. The Balaban J connectivity index is 1.84. The SMILES string of the molecule is CCOC(=O)c1nnn2c1CSC(N1CCCC1)=N2. The van der Waals surface area contributed by atoms with Crippen LogP contribution in [0.3, 0.4) is 0 Å². The molecule has 7 nitrogen and oxygen atoms in total. The molecular weight excluding hydrogens is 266 g/mol. The minimum atomic E-state index is -0.427. The zero-order chi connectivity index (χ0) is 13.2. The molecule has 1 fully saturated rings. The molecule has 1 saturated heterocycles. The Hall–Kier alpha value is -1.57. The van der Waals surface area contributed by atoms with Crippen molar-refractivity contribution in [3.63, 3.8) is 0 Å². The molecule has 0 spiro atoms. The molecule has 0 amide bonds. The summed E-state index contributed by atoms with van der Waals surface area (Å²) in [6, 6.07) is 0. The van der Waals surface area contributed by atoms with Gasteiger partial charge in [0.15, 0.2) is 10.9 Å². The number of carbonyl (C=O) groups excluding carboxylic acids is 1. The van der Waals surface area contributed by atoms with Crippen LogP contribution in [0.25, 0.3) is 0 Å². The van der Waals surface area contributed by atoms with Crippen LogP contribution in [0.5, 0.6) is 0 Å². The number of fused-ring (bicyclic) bond motifs is 1. The van der Waals surface area contributed by atoms with E-state index in [0.29, 0.717) is 18.1 Å². The van der Waals surface area contributed by atoms with Gasteiger partial charge in [-0.3, -0.25) is 0 Å². The molecule has 0 N–H and O–H groups in total. The van der Waals surface area contributed by atoms with Gasteiger partial charge in [-0.15, -0.1) is 15.0 Å². The maximum atomic E-state index is 11.7. The van der Waals surface area contributed by atoms with E-state index < -0.39 is 5.97 Å². The number of nitrogens with zero attached hydrogens (tertiary/aromatic N) is 5. The summed E-state index contributed by atoms with van der Waals surface area (Å²) in [6.45, 7) is 4.19. The summed E-state index contributed by atoms with van der Waals surface area (Å²) in [7, 11) is 0. The van der Waals surface area contributed by atoms with Gasteiger partial charge in [-0.05, 0) is 25.0 Å². The largest absolute Gasteiger partial charge is 0.461 e. The van der Waals surface area contributed by atoms with Crippen molar-refractivity contribution < 1.29 is 9.53 Å². The van der Waals surface area contributed by atoms with Crippen molar-refractivity contribution in [2.45, 2.75) is 25.5 Å². The van der Waals surface area contributed by atoms with Crippen molar-refractivity contribution in [2.75, 3.05) is 19.7 Å². The summed E-state index contributed by atoms with van der Waals surface area (Å²) in [6.07, 6.45) is 2.41. The summed E-state index contributed by atoms with van der Waals surface area (Å²) < 4.78 is 4.96. The number of esters is 1. The van der Waals surface area contributed by atoms with E-state index in [1.165, 1.54) is 17.6 Å². The Morgan fingerprint density at radius 3 is 2.95 bits per heavy atom. The molecule has 0 unspecified atom stereocenters. The van der Waals surface area contributed by atoms with E-state index in [1.54, 1.807) is 18.7 Å². The van der Waals surface area contributed by atoms with Crippen LogP contribution in [0.15, 0.2) is 5.10 Å². The highest BCUT2D eigenvalue weighted by molar-refractivity contribution is 8.13. The van der Waals surface area contributed by atoms with E-state index in [4.69, 9.17) is 4.74 Å². The molecule has 1 aromatic rings. The molecule has 1 aromatic heterocycles. The highest BCUT2D eigenvalue weighted by Gasteiger charge is 2.27. The predicted octanol–water partition coefficient (Wildman–Crippen LogP) is 0.917. The summed E-state index contributed by atoms with van der Waals surface area (Å²) in [4.78, 5) is 15.4. The number of thioether (sulfide) groups is 1. The molecular formula is C11H15N5O2S. The smallest absolute Gasteiger partial charge is 0.360 e. The van der Waals surface area contributed by atoms with Crippen molar-refractivity contribution >= 4 is 22.9 Å². The average Bonchev–Trinajstić information content (AvgIpc) is 3.07.